The maximum absolute atomic E-state index is 12.7. The van der Waals surface area contributed by atoms with Gasteiger partial charge < -0.3 is 5.73 Å². The zero-order valence-corrected chi connectivity index (χ0v) is 15.2. The van der Waals surface area contributed by atoms with E-state index in [-0.39, 0.29) is 4.90 Å². The Hall–Kier alpha value is -0.600. The summed E-state index contributed by atoms with van der Waals surface area (Å²) < 4.78 is 28.1. The van der Waals surface area contributed by atoms with Gasteiger partial charge in [-0.15, -0.1) is 11.3 Å². The highest BCUT2D eigenvalue weighted by Crippen LogP contribution is 2.28. The largest absolute Gasteiger partial charge is 0.398 e. The van der Waals surface area contributed by atoms with E-state index < -0.39 is 10.0 Å². The number of hydrogen-bond acceptors (Lipinski definition) is 4. The molecular weight excluding hydrogens is 396 g/mol. The molecule has 0 atom stereocenters. The highest BCUT2D eigenvalue weighted by molar-refractivity contribution is 9.10. The minimum absolute atomic E-state index is 0.188. The highest BCUT2D eigenvalue weighted by Gasteiger charge is 2.24. The molecule has 1 aromatic heterocycles. The summed E-state index contributed by atoms with van der Waals surface area (Å²) in [5.74, 6) is 0. The molecular formula is C13H14BrClN2O2S2. The molecule has 21 heavy (non-hydrogen) atoms. The van der Waals surface area contributed by atoms with Crippen LogP contribution in [0, 0.1) is 0 Å². The van der Waals surface area contributed by atoms with Gasteiger partial charge in [0.15, 0.2) is 0 Å². The Morgan fingerprint density at radius 3 is 2.57 bits per heavy atom. The Morgan fingerprint density at radius 2 is 2.05 bits per heavy atom. The molecule has 2 N–H and O–H groups in total. The smallest absolute Gasteiger partial charge is 0.243 e. The van der Waals surface area contributed by atoms with Gasteiger partial charge in [0.1, 0.15) is 0 Å². The molecule has 0 aliphatic rings. The van der Waals surface area contributed by atoms with Crippen LogP contribution in [0.3, 0.4) is 0 Å². The van der Waals surface area contributed by atoms with E-state index in [1.165, 1.54) is 21.7 Å². The number of anilines is 1. The van der Waals surface area contributed by atoms with Crippen LogP contribution < -0.4 is 5.73 Å². The molecule has 2 rings (SSSR count). The van der Waals surface area contributed by atoms with Crippen LogP contribution in [0.2, 0.25) is 4.34 Å². The molecule has 1 heterocycles. The van der Waals surface area contributed by atoms with Crippen LogP contribution >= 0.6 is 38.9 Å². The van der Waals surface area contributed by atoms with Crippen molar-refractivity contribution < 1.29 is 8.42 Å². The van der Waals surface area contributed by atoms with E-state index in [0.29, 0.717) is 27.6 Å². The van der Waals surface area contributed by atoms with E-state index in [1.807, 2.05) is 6.07 Å². The van der Waals surface area contributed by atoms with E-state index in [2.05, 4.69) is 15.9 Å². The van der Waals surface area contributed by atoms with Crippen LogP contribution in [0.5, 0.6) is 0 Å². The molecule has 8 heteroatoms. The molecule has 0 fully saturated rings. The second-order valence-electron chi connectivity index (χ2n) is 4.32. The molecule has 0 aliphatic heterocycles. The number of nitrogens with zero attached hydrogens (tertiary/aromatic N) is 1. The van der Waals surface area contributed by atoms with Crippen molar-refractivity contribution in [2.75, 3.05) is 12.3 Å². The minimum atomic E-state index is -3.58. The highest BCUT2D eigenvalue weighted by atomic mass is 79.9. The Labute approximate surface area is 141 Å². The quantitative estimate of drug-likeness (QED) is 0.760. The van der Waals surface area contributed by atoms with Crippen molar-refractivity contribution in [2.45, 2.75) is 18.4 Å². The van der Waals surface area contributed by atoms with Gasteiger partial charge in [-0.1, -0.05) is 18.5 Å². The number of benzene rings is 1. The fourth-order valence-corrected chi connectivity index (χ4v) is 4.70. The first-order chi connectivity index (χ1) is 9.84. The van der Waals surface area contributed by atoms with Crippen LogP contribution in [-0.2, 0) is 16.6 Å². The number of nitrogen functional groups attached to an aromatic ring is 1. The summed E-state index contributed by atoms with van der Waals surface area (Å²) in [7, 11) is -3.58. The number of rotatable bonds is 5. The SMILES string of the molecule is CCN(Cc1ccc(Cl)s1)S(=O)(=O)c1ccc(Br)c(N)c1. The van der Waals surface area contributed by atoms with Crippen molar-refractivity contribution in [3.63, 3.8) is 0 Å². The molecule has 0 amide bonds. The van der Waals surface area contributed by atoms with Crippen molar-refractivity contribution in [2.24, 2.45) is 0 Å². The lowest BCUT2D eigenvalue weighted by atomic mass is 10.3. The molecule has 0 saturated carbocycles. The molecule has 0 bridgehead atoms. The molecule has 114 valence electrons. The van der Waals surface area contributed by atoms with Gasteiger partial charge in [0.25, 0.3) is 0 Å². The topological polar surface area (TPSA) is 63.4 Å². The fourth-order valence-electron chi connectivity index (χ4n) is 1.81. The lowest BCUT2D eigenvalue weighted by molar-refractivity contribution is 0.426. The molecule has 4 nitrogen and oxygen atoms in total. The second-order valence-corrected chi connectivity index (χ2v) is 8.91. The van der Waals surface area contributed by atoms with Gasteiger partial charge in [-0.3, -0.25) is 0 Å². The van der Waals surface area contributed by atoms with Gasteiger partial charge >= 0.3 is 0 Å². The number of halogens is 2. The average Bonchev–Trinajstić information content (AvgIpc) is 2.84. The fraction of sp³-hybridized carbons (Fsp3) is 0.231. The zero-order valence-electron chi connectivity index (χ0n) is 11.2. The third kappa shape index (κ3) is 3.78. The van der Waals surface area contributed by atoms with Crippen LogP contribution in [0.4, 0.5) is 5.69 Å². The van der Waals surface area contributed by atoms with Gasteiger partial charge in [-0.25, -0.2) is 8.42 Å². The van der Waals surface area contributed by atoms with Crippen molar-refractivity contribution in [3.05, 3.63) is 44.0 Å². The van der Waals surface area contributed by atoms with Crippen molar-refractivity contribution >= 4 is 54.6 Å². The first-order valence-electron chi connectivity index (χ1n) is 6.14. The first-order valence-corrected chi connectivity index (χ1v) is 9.56. The predicted molar refractivity (Wildman–Crippen MR) is 91.2 cm³/mol. The summed E-state index contributed by atoms with van der Waals surface area (Å²) in [6, 6.07) is 8.24. The molecule has 0 spiro atoms. The van der Waals surface area contributed by atoms with Gasteiger partial charge in [0.05, 0.1) is 9.23 Å². The van der Waals surface area contributed by atoms with Gasteiger partial charge in [-0.2, -0.15) is 4.31 Å². The lowest BCUT2D eigenvalue weighted by Gasteiger charge is -2.20. The number of thiophene rings is 1. The summed E-state index contributed by atoms with van der Waals surface area (Å²) in [4.78, 5) is 1.09. The summed E-state index contributed by atoms with van der Waals surface area (Å²) in [5.41, 5.74) is 6.16. The number of sulfonamides is 1. The van der Waals surface area contributed by atoms with E-state index in [4.69, 9.17) is 17.3 Å². The number of nitrogens with two attached hydrogens (primary N) is 1. The summed E-state index contributed by atoms with van der Waals surface area (Å²) in [6.45, 7) is 2.47. The minimum Gasteiger partial charge on any atom is -0.398 e. The first kappa shape index (κ1) is 16.8. The maximum atomic E-state index is 12.7. The van der Waals surface area contributed by atoms with E-state index in [9.17, 15) is 8.42 Å². The van der Waals surface area contributed by atoms with Crippen molar-refractivity contribution in [1.29, 1.82) is 0 Å². The molecule has 0 saturated heterocycles. The van der Waals surface area contributed by atoms with Crippen LogP contribution in [0.1, 0.15) is 11.8 Å². The maximum Gasteiger partial charge on any atom is 0.243 e. The van der Waals surface area contributed by atoms with Crippen LogP contribution in [0.25, 0.3) is 0 Å². The van der Waals surface area contributed by atoms with Crippen molar-refractivity contribution in [1.82, 2.24) is 4.31 Å². The van der Waals surface area contributed by atoms with Gasteiger partial charge in [-0.05, 0) is 46.3 Å². The number of hydrogen-bond donors (Lipinski definition) is 1. The second kappa shape index (κ2) is 6.66. The molecule has 0 aliphatic carbocycles. The Balaban J connectivity index is 2.32. The normalized spacial score (nSPS) is 12.0. The monoisotopic (exact) mass is 408 g/mol. The third-order valence-corrected chi connectivity index (χ3v) is 6.77. The molecule has 1 aromatic carbocycles. The average molecular weight is 410 g/mol. The third-order valence-electron chi connectivity index (χ3n) is 2.92. The summed E-state index contributed by atoms with van der Waals surface area (Å²) in [6.07, 6.45) is 0. The molecule has 0 unspecified atom stereocenters. The van der Waals surface area contributed by atoms with Gasteiger partial charge in [0.2, 0.25) is 10.0 Å². The standard InChI is InChI=1S/C13H14BrClN2O2S2/c1-2-17(8-9-3-6-13(15)20-9)21(18,19)10-4-5-11(14)12(16)7-10/h3-7H,2,8,16H2,1H3. The van der Waals surface area contributed by atoms with E-state index in [1.54, 1.807) is 25.1 Å². The molecule has 2 aromatic rings. The van der Waals surface area contributed by atoms with Crippen LogP contribution in [0.15, 0.2) is 39.7 Å². The van der Waals surface area contributed by atoms with E-state index in [0.717, 1.165) is 4.88 Å². The Kier molecular flexibility index (Phi) is 5.32. The summed E-state index contributed by atoms with van der Waals surface area (Å²) in [5, 5.41) is 0. The molecule has 0 radical (unpaired) electrons. The Morgan fingerprint density at radius 1 is 1.33 bits per heavy atom. The zero-order chi connectivity index (χ0) is 15.6. The lowest BCUT2D eigenvalue weighted by Crippen LogP contribution is -2.30. The van der Waals surface area contributed by atoms with Crippen molar-refractivity contribution in [3.8, 4) is 0 Å². The van der Waals surface area contributed by atoms with Crippen LogP contribution in [-0.4, -0.2) is 19.3 Å². The summed E-state index contributed by atoms with van der Waals surface area (Å²) >= 11 is 10.5. The Bertz CT molecular complexity index is 746. The van der Waals surface area contributed by atoms with E-state index >= 15 is 0 Å². The van der Waals surface area contributed by atoms with Gasteiger partial charge in [0, 0.05) is 28.1 Å². The predicted octanol–water partition coefficient (Wildman–Crippen LogP) is 3.96.